The SMILES string of the molecule is CN1CCN(c2cccc3[nH]c(CN(C)C4CCOc5cccnc54)nc23)CC1. The summed E-state index contributed by atoms with van der Waals surface area (Å²) in [6, 6.07) is 10.6. The number of benzene rings is 1. The van der Waals surface area contributed by atoms with Gasteiger partial charge in [-0.2, -0.15) is 0 Å². The van der Waals surface area contributed by atoms with Gasteiger partial charge in [-0.3, -0.25) is 9.88 Å². The molecular weight excluding hydrogens is 364 g/mol. The molecule has 0 aliphatic carbocycles. The van der Waals surface area contributed by atoms with E-state index in [-0.39, 0.29) is 6.04 Å². The van der Waals surface area contributed by atoms with E-state index in [1.54, 1.807) is 0 Å². The summed E-state index contributed by atoms with van der Waals surface area (Å²) in [5.41, 5.74) is 4.44. The first-order valence-electron chi connectivity index (χ1n) is 10.4. The van der Waals surface area contributed by atoms with Crippen molar-refractivity contribution >= 4 is 16.7 Å². The Morgan fingerprint density at radius 1 is 1.17 bits per heavy atom. The van der Waals surface area contributed by atoms with E-state index in [4.69, 9.17) is 9.72 Å². The lowest BCUT2D eigenvalue weighted by Crippen LogP contribution is -2.44. The molecule has 7 nitrogen and oxygen atoms in total. The van der Waals surface area contributed by atoms with E-state index in [1.165, 1.54) is 5.69 Å². The van der Waals surface area contributed by atoms with Crippen molar-refractivity contribution in [2.24, 2.45) is 0 Å². The van der Waals surface area contributed by atoms with E-state index >= 15 is 0 Å². The number of aromatic amines is 1. The van der Waals surface area contributed by atoms with Crippen LogP contribution in [0.5, 0.6) is 5.75 Å². The van der Waals surface area contributed by atoms with Crippen molar-refractivity contribution in [2.45, 2.75) is 19.0 Å². The molecule has 0 radical (unpaired) electrons. The third kappa shape index (κ3) is 3.56. The Bertz CT molecular complexity index is 994. The van der Waals surface area contributed by atoms with Crippen LogP contribution < -0.4 is 9.64 Å². The lowest BCUT2D eigenvalue weighted by molar-refractivity contribution is 0.154. The van der Waals surface area contributed by atoms with Crippen LogP contribution in [0, 0.1) is 0 Å². The Labute approximate surface area is 171 Å². The zero-order valence-corrected chi connectivity index (χ0v) is 17.1. The summed E-state index contributed by atoms with van der Waals surface area (Å²) in [5, 5.41) is 0. The highest BCUT2D eigenvalue weighted by Gasteiger charge is 2.27. The monoisotopic (exact) mass is 392 g/mol. The molecule has 0 bridgehead atoms. The number of nitrogens with one attached hydrogen (secondary N) is 1. The van der Waals surface area contributed by atoms with Gasteiger partial charge in [0.05, 0.1) is 36.1 Å². The van der Waals surface area contributed by atoms with Gasteiger partial charge in [0.15, 0.2) is 0 Å². The zero-order chi connectivity index (χ0) is 19.8. The van der Waals surface area contributed by atoms with Gasteiger partial charge in [-0.15, -0.1) is 0 Å². The summed E-state index contributed by atoms with van der Waals surface area (Å²) in [7, 11) is 4.33. The van der Waals surface area contributed by atoms with Crippen molar-refractivity contribution in [2.75, 3.05) is 51.8 Å². The number of ether oxygens (including phenoxy) is 1. The number of piperazine rings is 1. The van der Waals surface area contributed by atoms with Crippen molar-refractivity contribution in [3.8, 4) is 5.75 Å². The number of aromatic nitrogens is 3. The van der Waals surface area contributed by atoms with Crippen LogP contribution >= 0.6 is 0 Å². The van der Waals surface area contributed by atoms with Gasteiger partial charge >= 0.3 is 0 Å². The number of imidazole rings is 1. The third-order valence-corrected chi connectivity index (χ3v) is 6.08. The van der Waals surface area contributed by atoms with Crippen LogP contribution in [0.25, 0.3) is 11.0 Å². The highest BCUT2D eigenvalue weighted by Crippen LogP contribution is 2.34. The molecule has 2 aliphatic heterocycles. The van der Waals surface area contributed by atoms with Gasteiger partial charge in [-0.05, 0) is 38.4 Å². The van der Waals surface area contributed by atoms with Gasteiger partial charge in [0.1, 0.15) is 17.1 Å². The molecule has 29 heavy (non-hydrogen) atoms. The molecule has 1 fully saturated rings. The number of likely N-dealkylation sites (N-methyl/N-ethyl adjacent to an activating group) is 1. The Hall–Kier alpha value is -2.64. The van der Waals surface area contributed by atoms with Crippen LogP contribution in [0.1, 0.15) is 24.0 Å². The fourth-order valence-corrected chi connectivity index (χ4v) is 4.41. The van der Waals surface area contributed by atoms with Crippen molar-refractivity contribution in [3.63, 3.8) is 0 Å². The molecule has 0 saturated carbocycles. The fourth-order valence-electron chi connectivity index (χ4n) is 4.41. The summed E-state index contributed by atoms with van der Waals surface area (Å²) < 4.78 is 5.77. The molecule has 2 aliphatic rings. The molecule has 1 unspecified atom stereocenters. The van der Waals surface area contributed by atoms with E-state index in [1.807, 2.05) is 18.3 Å². The number of fused-ring (bicyclic) bond motifs is 2. The normalized spacial score (nSPS) is 20.1. The summed E-state index contributed by atoms with van der Waals surface area (Å²) in [4.78, 5) is 20.3. The first-order chi connectivity index (χ1) is 14.2. The van der Waals surface area contributed by atoms with Crippen molar-refractivity contribution in [1.29, 1.82) is 0 Å². The molecule has 2 aromatic heterocycles. The molecule has 4 heterocycles. The first kappa shape index (κ1) is 18.4. The average Bonchev–Trinajstić information content (AvgIpc) is 3.16. The fraction of sp³-hybridized carbons (Fsp3) is 0.455. The quantitative estimate of drug-likeness (QED) is 0.737. The van der Waals surface area contributed by atoms with Gasteiger partial charge in [0, 0.05) is 38.8 Å². The van der Waals surface area contributed by atoms with Gasteiger partial charge < -0.3 is 19.5 Å². The second kappa shape index (κ2) is 7.65. The highest BCUT2D eigenvalue weighted by atomic mass is 16.5. The largest absolute Gasteiger partial charge is 0.492 e. The van der Waals surface area contributed by atoms with Crippen LogP contribution in [-0.2, 0) is 6.54 Å². The van der Waals surface area contributed by atoms with Crippen LogP contribution in [0.15, 0.2) is 36.5 Å². The minimum atomic E-state index is 0.241. The first-order valence-corrected chi connectivity index (χ1v) is 10.4. The second-order valence-corrected chi connectivity index (χ2v) is 8.10. The molecule has 1 saturated heterocycles. The topological polar surface area (TPSA) is 60.5 Å². The number of hydrogen-bond acceptors (Lipinski definition) is 6. The number of nitrogens with zero attached hydrogens (tertiary/aromatic N) is 5. The van der Waals surface area contributed by atoms with E-state index in [0.29, 0.717) is 0 Å². The Kier molecular flexibility index (Phi) is 4.85. The maximum atomic E-state index is 5.77. The number of H-pyrrole nitrogens is 1. The van der Waals surface area contributed by atoms with E-state index in [2.05, 4.69) is 57.0 Å². The summed E-state index contributed by atoms with van der Waals surface area (Å²) >= 11 is 0. The van der Waals surface area contributed by atoms with Gasteiger partial charge in [0.2, 0.25) is 0 Å². The predicted octanol–water partition coefficient (Wildman–Crippen LogP) is 2.67. The smallest absolute Gasteiger partial charge is 0.142 e. The summed E-state index contributed by atoms with van der Waals surface area (Å²) in [6.07, 6.45) is 2.78. The molecule has 5 rings (SSSR count). The molecule has 1 N–H and O–H groups in total. The van der Waals surface area contributed by atoms with Gasteiger partial charge in [0.25, 0.3) is 0 Å². The van der Waals surface area contributed by atoms with E-state index in [9.17, 15) is 0 Å². The number of anilines is 1. The minimum absolute atomic E-state index is 0.241. The molecule has 1 atom stereocenters. The van der Waals surface area contributed by atoms with Gasteiger partial charge in [-0.1, -0.05) is 6.07 Å². The van der Waals surface area contributed by atoms with Crippen LogP contribution in [-0.4, -0.2) is 71.6 Å². The third-order valence-electron chi connectivity index (χ3n) is 6.08. The van der Waals surface area contributed by atoms with Crippen LogP contribution in [0.4, 0.5) is 5.69 Å². The van der Waals surface area contributed by atoms with E-state index in [0.717, 1.165) is 74.1 Å². The maximum absolute atomic E-state index is 5.77. The maximum Gasteiger partial charge on any atom is 0.142 e. The lowest BCUT2D eigenvalue weighted by atomic mass is 10.1. The number of para-hydroxylation sites is 1. The highest BCUT2D eigenvalue weighted by molar-refractivity contribution is 5.89. The van der Waals surface area contributed by atoms with E-state index < -0.39 is 0 Å². The van der Waals surface area contributed by atoms with Crippen LogP contribution in [0.3, 0.4) is 0 Å². The standard InChI is InChI=1S/C22H28N6O/c1-26-10-12-28(13-11-26)18-6-3-5-16-21(18)25-20(24-16)15-27(2)17-8-14-29-19-7-4-9-23-22(17)19/h3-7,9,17H,8,10-15H2,1-2H3,(H,24,25). The number of pyridine rings is 1. The molecule has 1 aromatic carbocycles. The molecule has 7 heteroatoms. The minimum Gasteiger partial charge on any atom is -0.492 e. The molecule has 0 spiro atoms. The van der Waals surface area contributed by atoms with Gasteiger partial charge in [-0.25, -0.2) is 4.98 Å². The van der Waals surface area contributed by atoms with Crippen molar-refractivity contribution in [1.82, 2.24) is 24.8 Å². The Morgan fingerprint density at radius 2 is 2.03 bits per heavy atom. The number of rotatable bonds is 4. The predicted molar refractivity (Wildman–Crippen MR) is 114 cm³/mol. The Balaban J connectivity index is 1.38. The van der Waals surface area contributed by atoms with Crippen molar-refractivity contribution in [3.05, 3.63) is 48.0 Å². The van der Waals surface area contributed by atoms with Crippen LogP contribution in [0.2, 0.25) is 0 Å². The second-order valence-electron chi connectivity index (χ2n) is 8.10. The summed E-state index contributed by atoms with van der Waals surface area (Å²) in [5.74, 6) is 1.89. The lowest BCUT2D eigenvalue weighted by Gasteiger charge is -2.34. The Morgan fingerprint density at radius 3 is 2.90 bits per heavy atom. The average molecular weight is 393 g/mol. The van der Waals surface area contributed by atoms with Crippen molar-refractivity contribution < 1.29 is 4.74 Å². The molecule has 0 amide bonds. The summed E-state index contributed by atoms with van der Waals surface area (Å²) in [6.45, 7) is 5.74. The molecule has 152 valence electrons. The molecular formula is C22H28N6O. The zero-order valence-electron chi connectivity index (χ0n) is 17.1. The molecule has 3 aromatic rings. The number of hydrogen-bond donors (Lipinski definition) is 1.